The second-order valence-electron chi connectivity index (χ2n) is 8.14. The first kappa shape index (κ1) is 22.6. The Kier molecular flexibility index (Phi) is 7.10. The monoisotopic (exact) mass is 449 g/mol. The van der Waals surface area contributed by atoms with E-state index in [0.29, 0.717) is 23.4 Å². The Bertz CT molecular complexity index is 1130. The molecule has 33 heavy (non-hydrogen) atoms. The summed E-state index contributed by atoms with van der Waals surface area (Å²) in [6, 6.07) is 19.7. The van der Waals surface area contributed by atoms with Crippen molar-refractivity contribution in [2.45, 2.75) is 25.4 Å². The normalized spacial score (nSPS) is 14.6. The number of amides is 2. The van der Waals surface area contributed by atoms with Crippen molar-refractivity contribution in [3.63, 3.8) is 0 Å². The van der Waals surface area contributed by atoms with Crippen LogP contribution in [0.5, 0.6) is 0 Å². The van der Waals surface area contributed by atoms with Gasteiger partial charge in [0.1, 0.15) is 0 Å². The quantitative estimate of drug-likeness (QED) is 0.578. The van der Waals surface area contributed by atoms with Crippen molar-refractivity contribution in [1.29, 1.82) is 0 Å². The summed E-state index contributed by atoms with van der Waals surface area (Å²) in [5.41, 5.74) is 2.10. The third-order valence-electron chi connectivity index (χ3n) is 5.77. The molecule has 0 bridgehead atoms. The number of likely N-dealkylation sites (tertiary alicyclic amines) is 1. The number of hydrogen-bond donors (Lipinski definition) is 2. The number of nitrogens with one attached hydrogen (secondary N) is 2. The summed E-state index contributed by atoms with van der Waals surface area (Å²) in [6.45, 7) is 2.00. The highest BCUT2D eigenvalue weighted by Gasteiger charge is 2.23. The predicted molar refractivity (Wildman–Crippen MR) is 123 cm³/mol. The van der Waals surface area contributed by atoms with Crippen molar-refractivity contribution in [3.05, 3.63) is 101 Å². The van der Waals surface area contributed by atoms with E-state index in [1.54, 1.807) is 54.6 Å². The number of carbonyl (C=O) groups excluding carboxylic acids is 2. The van der Waals surface area contributed by atoms with Crippen LogP contribution in [0.25, 0.3) is 0 Å². The van der Waals surface area contributed by atoms with Gasteiger partial charge >= 0.3 is 0 Å². The molecule has 7 heteroatoms. The predicted octanol–water partition coefficient (Wildman–Crippen LogP) is 4.61. The zero-order chi connectivity index (χ0) is 23.2. The van der Waals surface area contributed by atoms with Crippen LogP contribution in [0.2, 0.25) is 0 Å². The second kappa shape index (κ2) is 10.4. The summed E-state index contributed by atoms with van der Waals surface area (Å²) in [5, 5.41) is 5.89. The Balaban J connectivity index is 1.33. The number of piperidine rings is 1. The number of halogens is 2. The van der Waals surface area contributed by atoms with Gasteiger partial charge in [0, 0.05) is 31.2 Å². The van der Waals surface area contributed by atoms with Crippen molar-refractivity contribution < 1.29 is 18.4 Å². The summed E-state index contributed by atoms with van der Waals surface area (Å²) < 4.78 is 26.6. The molecule has 0 atom stereocenters. The third kappa shape index (κ3) is 5.81. The van der Waals surface area contributed by atoms with Crippen LogP contribution in [0.1, 0.15) is 39.1 Å². The van der Waals surface area contributed by atoms with Crippen LogP contribution in [0, 0.1) is 11.6 Å². The smallest absolute Gasteiger partial charge is 0.255 e. The van der Waals surface area contributed by atoms with E-state index in [4.69, 9.17) is 0 Å². The van der Waals surface area contributed by atoms with Crippen molar-refractivity contribution in [3.8, 4) is 0 Å². The first-order valence-electron chi connectivity index (χ1n) is 10.9. The van der Waals surface area contributed by atoms with E-state index in [0.717, 1.165) is 37.6 Å². The molecule has 1 aliphatic rings. The van der Waals surface area contributed by atoms with Gasteiger partial charge in [-0.2, -0.15) is 0 Å². The van der Waals surface area contributed by atoms with Gasteiger partial charge in [0.25, 0.3) is 11.8 Å². The fourth-order valence-corrected chi connectivity index (χ4v) is 3.97. The molecule has 4 rings (SSSR count). The topological polar surface area (TPSA) is 61.4 Å². The van der Waals surface area contributed by atoms with Gasteiger partial charge in [-0.3, -0.25) is 14.5 Å². The molecule has 0 radical (unpaired) electrons. The standard InChI is InChI=1S/C26H25F2N3O2/c27-22-11-10-18(16-23(22)28)17-31-14-12-20(13-15-31)29-26(33)21-8-4-5-9-24(21)30-25(32)19-6-2-1-3-7-19/h1-11,16,20H,12-15,17H2,(H,29,33)(H,30,32). The molecule has 0 unspecified atom stereocenters. The third-order valence-corrected chi connectivity index (χ3v) is 5.77. The molecule has 1 fully saturated rings. The highest BCUT2D eigenvalue weighted by molar-refractivity contribution is 6.09. The number of nitrogens with zero attached hydrogens (tertiary/aromatic N) is 1. The summed E-state index contributed by atoms with van der Waals surface area (Å²) in [5.74, 6) is -2.20. The number of hydrogen-bond acceptors (Lipinski definition) is 3. The Morgan fingerprint density at radius 1 is 0.848 bits per heavy atom. The first-order chi connectivity index (χ1) is 16.0. The van der Waals surface area contributed by atoms with Crippen molar-refractivity contribution in [2.75, 3.05) is 18.4 Å². The molecule has 0 aliphatic carbocycles. The average Bonchev–Trinajstić information content (AvgIpc) is 2.83. The Morgan fingerprint density at radius 2 is 1.55 bits per heavy atom. The lowest BCUT2D eigenvalue weighted by Crippen LogP contribution is -2.44. The summed E-state index contributed by atoms with van der Waals surface area (Å²) >= 11 is 0. The van der Waals surface area contributed by atoms with E-state index in [1.165, 1.54) is 6.07 Å². The van der Waals surface area contributed by atoms with E-state index in [9.17, 15) is 18.4 Å². The van der Waals surface area contributed by atoms with E-state index in [1.807, 2.05) is 6.07 Å². The lowest BCUT2D eigenvalue weighted by molar-refractivity contribution is 0.0909. The van der Waals surface area contributed by atoms with E-state index < -0.39 is 11.6 Å². The van der Waals surface area contributed by atoms with Gasteiger partial charge in [0.05, 0.1) is 11.3 Å². The zero-order valence-corrected chi connectivity index (χ0v) is 18.1. The van der Waals surface area contributed by atoms with Gasteiger partial charge in [-0.25, -0.2) is 8.78 Å². The van der Waals surface area contributed by atoms with Crippen LogP contribution in [0.4, 0.5) is 14.5 Å². The van der Waals surface area contributed by atoms with Gasteiger partial charge in [0.15, 0.2) is 11.6 Å². The molecule has 5 nitrogen and oxygen atoms in total. The van der Waals surface area contributed by atoms with E-state index >= 15 is 0 Å². The van der Waals surface area contributed by atoms with Crippen LogP contribution in [0.3, 0.4) is 0 Å². The lowest BCUT2D eigenvalue weighted by Gasteiger charge is -2.32. The van der Waals surface area contributed by atoms with Gasteiger partial charge < -0.3 is 10.6 Å². The van der Waals surface area contributed by atoms with Crippen molar-refractivity contribution >= 4 is 17.5 Å². The number of rotatable bonds is 6. The molecule has 1 aliphatic heterocycles. The highest BCUT2D eigenvalue weighted by atomic mass is 19.2. The Hall–Kier alpha value is -3.58. The SMILES string of the molecule is O=C(Nc1ccccc1C(=O)NC1CCN(Cc2ccc(F)c(F)c2)CC1)c1ccccc1. The summed E-state index contributed by atoms with van der Waals surface area (Å²) in [6.07, 6.45) is 1.49. The molecule has 2 N–H and O–H groups in total. The number of carbonyl (C=O) groups is 2. The molecule has 3 aromatic carbocycles. The van der Waals surface area contributed by atoms with Gasteiger partial charge in [-0.05, 0) is 54.8 Å². The summed E-state index contributed by atoms with van der Waals surface area (Å²) in [4.78, 5) is 27.6. The molecule has 0 aromatic heterocycles. The minimum absolute atomic E-state index is 0.00316. The molecular weight excluding hydrogens is 424 g/mol. The second-order valence-corrected chi connectivity index (χ2v) is 8.14. The van der Waals surface area contributed by atoms with E-state index in [2.05, 4.69) is 15.5 Å². The lowest BCUT2D eigenvalue weighted by atomic mass is 10.0. The van der Waals surface area contributed by atoms with Crippen LogP contribution in [-0.2, 0) is 6.54 Å². The van der Waals surface area contributed by atoms with Crippen LogP contribution < -0.4 is 10.6 Å². The maximum Gasteiger partial charge on any atom is 0.255 e. The van der Waals surface area contributed by atoms with Crippen LogP contribution in [0.15, 0.2) is 72.8 Å². The van der Waals surface area contributed by atoms with Crippen molar-refractivity contribution in [1.82, 2.24) is 10.2 Å². The van der Waals surface area contributed by atoms with Crippen LogP contribution >= 0.6 is 0 Å². The number of benzene rings is 3. The molecule has 3 aromatic rings. The zero-order valence-electron chi connectivity index (χ0n) is 18.1. The molecule has 1 heterocycles. The Labute approximate surface area is 191 Å². The fourth-order valence-electron chi connectivity index (χ4n) is 3.97. The number of anilines is 1. The molecule has 170 valence electrons. The largest absolute Gasteiger partial charge is 0.349 e. The fraction of sp³-hybridized carbons (Fsp3) is 0.231. The summed E-state index contributed by atoms with van der Waals surface area (Å²) in [7, 11) is 0. The van der Waals surface area contributed by atoms with Gasteiger partial charge in [-0.15, -0.1) is 0 Å². The van der Waals surface area contributed by atoms with Crippen molar-refractivity contribution in [2.24, 2.45) is 0 Å². The average molecular weight is 450 g/mol. The Morgan fingerprint density at radius 3 is 2.27 bits per heavy atom. The molecule has 2 amide bonds. The maximum absolute atomic E-state index is 13.4. The molecule has 0 spiro atoms. The molecule has 0 saturated carbocycles. The van der Waals surface area contributed by atoms with E-state index in [-0.39, 0.29) is 17.9 Å². The minimum Gasteiger partial charge on any atom is -0.349 e. The molecular formula is C26H25F2N3O2. The van der Waals surface area contributed by atoms with Gasteiger partial charge in [0.2, 0.25) is 0 Å². The minimum atomic E-state index is -0.847. The maximum atomic E-state index is 13.4. The van der Waals surface area contributed by atoms with Crippen LogP contribution in [-0.4, -0.2) is 35.8 Å². The molecule has 1 saturated heterocycles. The highest BCUT2D eigenvalue weighted by Crippen LogP contribution is 2.19. The number of para-hydroxylation sites is 1. The first-order valence-corrected chi connectivity index (χ1v) is 10.9. The van der Waals surface area contributed by atoms with Gasteiger partial charge in [-0.1, -0.05) is 36.4 Å².